The standard InChI is InChI=1S/C17H21N5O3/c23-15(10-2-1-3-10)12-8-18-16-14(12)21-13(9-19-16)20-11-4-6-22(7-5-11)17(24)25/h8-11H,1-7H2,(H,18,19)(H,20,21)(H,24,25). The Hall–Kier alpha value is -2.64. The Bertz CT molecular complexity index is 806. The van der Waals surface area contributed by atoms with Crippen molar-refractivity contribution in [2.24, 2.45) is 5.92 Å². The fourth-order valence-corrected chi connectivity index (χ4v) is 3.46. The van der Waals surface area contributed by atoms with Crippen LogP contribution in [0.5, 0.6) is 0 Å². The first kappa shape index (κ1) is 15.9. The Morgan fingerprint density at radius 1 is 1.24 bits per heavy atom. The molecule has 0 radical (unpaired) electrons. The monoisotopic (exact) mass is 343 g/mol. The number of aromatic amines is 1. The van der Waals surface area contributed by atoms with Gasteiger partial charge >= 0.3 is 6.09 Å². The smallest absolute Gasteiger partial charge is 0.407 e. The molecule has 1 aliphatic carbocycles. The Balaban J connectivity index is 1.49. The zero-order valence-corrected chi connectivity index (χ0v) is 13.9. The van der Waals surface area contributed by atoms with E-state index >= 15 is 0 Å². The molecule has 132 valence electrons. The summed E-state index contributed by atoms with van der Waals surface area (Å²) in [6.07, 6.45) is 6.98. The van der Waals surface area contributed by atoms with E-state index in [1.165, 1.54) is 4.90 Å². The van der Waals surface area contributed by atoms with Gasteiger partial charge in [0.05, 0.1) is 11.8 Å². The number of nitrogens with zero attached hydrogens (tertiary/aromatic N) is 3. The van der Waals surface area contributed by atoms with Gasteiger partial charge in [0, 0.05) is 31.2 Å². The molecule has 0 unspecified atom stereocenters. The number of aromatic nitrogens is 3. The zero-order chi connectivity index (χ0) is 17.4. The molecule has 8 nitrogen and oxygen atoms in total. The number of carbonyl (C=O) groups excluding carboxylic acids is 1. The molecule has 0 spiro atoms. The molecule has 2 aliphatic rings. The van der Waals surface area contributed by atoms with Crippen LogP contribution in [0, 0.1) is 5.92 Å². The largest absolute Gasteiger partial charge is 0.465 e. The molecule has 0 atom stereocenters. The molecule has 25 heavy (non-hydrogen) atoms. The molecule has 4 rings (SSSR count). The van der Waals surface area contributed by atoms with Gasteiger partial charge in [-0.15, -0.1) is 0 Å². The third-order valence-electron chi connectivity index (χ3n) is 5.24. The van der Waals surface area contributed by atoms with Crippen molar-refractivity contribution in [1.82, 2.24) is 19.9 Å². The Morgan fingerprint density at radius 3 is 2.64 bits per heavy atom. The number of rotatable bonds is 4. The predicted octanol–water partition coefficient (Wildman–Crippen LogP) is 2.50. The van der Waals surface area contributed by atoms with Gasteiger partial charge in [-0.2, -0.15) is 0 Å². The molecule has 2 aromatic rings. The van der Waals surface area contributed by atoms with Crippen LogP contribution in [0.25, 0.3) is 11.2 Å². The third kappa shape index (κ3) is 3.04. The highest BCUT2D eigenvalue weighted by atomic mass is 16.4. The first-order valence-corrected chi connectivity index (χ1v) is 8.74. The number of carbonyl (C=O) groups is 2. The van der Waals surface area contributed by atoms with Gasteiger partial charge in [-0.3, -0.25) is 4.79 Å². The van der Waals surface area contributed by atoms with E-state index in [9.17, 15) is 9.59 Å². The average molecular weight is 343 g/mol. The summed E-state index contributed by atoms with van der Waals surface area (Å²) in [6.45, 7) is 1.02. The van der Waals surface area contributed by atoms with Crippen molar-refractivity contribution in [3.63, 3.8) is 0 Å². The van der Waals surface area contributed by atoms with Crippen LogP contribution in [0.15, 0.2) is 12.4 Å². The predicted molar refractivity (Wildman–Crippen MR) is 91.8 cm³/mol. The lowest BCUT2D eigenvalue weighted by atomic mass is 9.80. The van der Waals surface area contributed by atoms with Crippen LogP contribution in [-0.4, -0.2) is 56.0 Å². The van der Waals surface area contributed by atoms with E-state index in [-0.39, 0.29) is 17.7 Å². The lowest BCUT2D eigenvalue weighted by Crippen LogP contribution is -2.41. The van der Waals surface area contributed by atoms with E-state index in [1.807, 2.05) is 0 Å². The minimum absolute atomic E-state index is 0.123. The summed E-state index contributed by atoms with van der Waals surface area (Å²) in [7, 11) is 0. The van der Waals surface area contributed by atoms with Gasteiger partial charge in [-0.05, 0) is 25.7 Å². The van der Waals surface area contributed by atoms with Gasteiger partial charge in [-0.25, -0.2) is 14.8 Å². The third-order valence-corrected chi connectivity index (χ3v) is 5.24. The van der Waals surface area contributed by atoms with E-state index in [1.54, 1.807) is 12.4 Å². The van der Waals surface area contributed by atoms with Crippen LogP contribution >= 0.6 is 0 Å². The summed E-state index contributed by atoms with van der Waals surface area (Å²) in [4.78, 5) is 36.9. The number of ketones is 1. The van der Waals surface area contributed by atoms with Gasteiger partial charge in [0.2, 0.25) is 0 Å². The van der Waals surface area contributed by atoms with Crippen LogP contribution < -0.4 is 5.32 Å². The van der Waals surface area contributed by atoms with Crippen LogP contribution in [0.2, 0.25) is 0 Å². The van der Waals surface area contributed by atoms with Crippen LogP contribution in [0.3, 0.4) is 0 Å². The van der Waals surface area contributed by atoms with Gasteiger partial charge in [-0.1, -0.05) is 6.42 Å². The second-order valence-corrected chi connectivity index (χ2v) is 6.84. The molecule has 8 heteroatoms. The minimum Gasteiger partial charge on any atom is -0.465 e. The topological polar surface area (TPSA) is 111 Å². The maximum atomic E-state index is 12.5. The number of amides is 1. The van der Waals surface area contributed by atoms with Crippen LogP contribution in [0.4, 0.5) is 10.6 Å². The molecular weight excluding hydrogens is 322 g/mol. The SMILES string of the molecule is O=C(c1c[nH]c2ncc(NC3CCN(C(=O)O)CC3)nc12)C1CCC1. The highest BCUT2D eigenvalue weighted by Crippen LogP contribution is 2.31. The van der Waals surface area contributed by atoms with Crippen LogP contribution in [-0.2, 0) is 0 Å². The highest BCUT2D eigenvalue weighted by Gasteiger charge is 2.29. The summed E-state index contributed by atoms with van der Waals surface area (Å²) < 4.78 is 0. The summed E-state index contributed by atoms with van der Waals surface area (Å²) in [6, 6.07) is 0.159. The van der Waals surface area contributed by atoms with E-state index in [4.69, 9.17) is 5.11 Å². The number of fused-ring (bicyclic) bond motifs is 1. The molecule has 2 fully saturated rings. The molecule has 1 aliphatic heterocycles. The van der Waals surface area contributed by atoms with Crippen LogP contribution in [0.1, 0.15) is 42.5 Å². The molecule has 2 aromatic heterocycles. The first-order chi connectivity index (χ1) is 12.1. The van der Waals surface area contributed by atoms with Crippen molar-refractivity contribution in [1.29, 1.82) is 0 Å². The number of anilines is 1. The number of piperidine rings is 1. The molecule has 3 N–H and O–H groups in total. The van der Waals surface area contributed by atoms with E-state index in [2.05, 4.69) is 20.3 Å². The number of hydrogen-bond acceptors (Lipinski definition) is 5. The number of nitrogens with one attached hydrogen (secondary N) is 2. The second-order valence-electron chi connectivity index (χ2n) is 6.84. The minimum atomic E-state index is -0.869. The Kier molecular flexibility index (Phi) is 4.03. The van der Waals surface area contributed by atoms with Gasteiger partial charge in [0.15, 0.2) is 11.4 Å². The quantitative estimate of drug-likeness (QED) is 0.736. The van der Waals surface area contributed by atoms with Crippen molar-refractivity contribution < 1.29 is 14.7 Å². The first-order valence-electron chi connectivity index (χ1n) is 8.74. The maximum Gasteiger partial charge on any atom is 0.407 e. The Labute approximate surface area is 144 Å². The normalized spacial score (nSPS) is 19.0. The van der Waals surface area contributed by atoms with Crippen molar-refractivity contribution >= 4 is 28.9 Å². The summed E-state index contributed by atoms with van der Waals surface area (Å²) >= 11 is 0. The molecule has 1 saturated heterocycles. The molecule has 0 bridgehead atoms. The Morgan fingerprint density at radius 2 is 2.00 bits per heavy atom. The lowest BCUT2D eigenvalue weighted by Gasteiger charge is -2.30. The summed E-state index contributed by atoms with van der Waals surface area (Å²) in [5.41, 5.74) is 1.86. The number of likely N-dealkylation sites (tertiary alicyclic amines) is 1. The summed E-state index contributed by atoms with van der Waals surface area (Å²) in [5.74, 6) is 0.903. The average Bonchev–Trinajstić information content (AvgIpc) is 2.97. The molecular formula is C17H21N5O3. The molecule has 1 amide bonds. The highest BCUT2D eigenvalue weighted by molar-refractivity contribution is 6.07. The number of H-pyrrole nitrogens is 1. The van der Waals surface area contributed by atoms with Crippen molar-refractivity contribution in [3.8, 4) is 0 Å². The van der Waals surface area contributed by atoms with E-state index in [0.29, 0.717) is 35.6 Å². The number of carboxylic acid groups (broad SMARTS) is 1. The fraction of sp³-hybridized carbons (Fsp3) is 0.529. The number of Topliss-reactive ketones (excluding diaryl/α,β-unsaturated/α-hetero) is 1. The zero-order valence-electron chi connectivity index (χ0n) is 13.9. The van der Waals surface area contributed by atoms with Gasteiger partial charge in [0.25, 0.3) is 0 Å². The van der Waals surface area contributed by atoms with E-state index < -0.39 is 6.09 Å². The van der Waals surface area contributed by atoms with Gasteiger partial charge in [0.1, 0.15) is 11.3 Å². The van der Waals surface area contributed by atoms with Crippen molar-refractivity contribution in [2.75, 3.05) is 18.4 Å². The molecule has 1 saturated carbocycles. The summed E-state index contributed by atoms with van der Waals surface area (Å²) in [5, 5.41) is 12.3. The lowest BCUT2D eigenvalue weighted by molar-refractivity contribution is 0.0856. The van der Waals surface area contributed by atoms with Gasteiger partial charge < -0.3 is 20.3 Å². The fourth-order valence-electron chi connectivity index (χ4n) is 3.46. The van der Waals surface area contributed by atoms with E-state index in [0.717, 1.165) is 32.1 Å². The second kappa shape index (κ2) is 6.34. The number of hydrogen-bond donors (Lipinski definition) is 3. The molecule has 0 aromatic carbocycles. The van der Waals surface area contributed by atoms with Crippen molar-refractivity contribution in [2.45, 2.75) is 38.1 Å². The van der Waals surface area contributed by atoms with Crippen molar-refractivity contribution in [3.05, 3.63) is 18.0 Å². The molecule has 3 heterocycles. The maximum absolute atomic E-state index is 12.5.